The summed E-state index contributed by atoms with van der Waals surface area (Å²) in [5.41, 5.74) is -3.24. The number of likely N-dealkylation sites (tertiary alicyclic amines) is 1. The van der Waals surface area contributed by atoms with Gasteiger partial charge in [0.05, 0.1) is 13.1 Å². The fourth-order valence-electron chi connectivity index (χ4n) is 4.28. The van der Waals surface area contributed by atoms with Gasteiger partial charge in [-0.1, -0.05) is 30.3 Å². The van der Waals surface area contributed by atoms with Crippen LogP contribution in [0.2, 0.25) is 0 Å². The number of carbonyl (C=O) groups excluding carboxylic acids is 2. The van der Waals surface area contributed by atoms with E-state index in [1.807, 2.05) is 18.2 Å². The standard InChI is InChI=1S/C18H19N3O6/c1-13(22)9-15-17(20(24)25)8-7-16(23)18(15,21(26)27)12-19(11-17)10-14-5-3-2-4-6-14/h2-8,15H,9-12H2,1H3. The number of Topliss-reactive ketones (excluding diaryl/α,β-unsaturated/α-hetero) is 1. The summed E-state index contributed by atoms with van der Waals surface area (Å²) in [5, 5.41) is 24.1. The van der Waals surface area contributed by atoms with E-state index in [9.17, 15) is 29.8 Å². The lowest BCUT2D eigenvalue weighted by molar-refractivity contribution is -0.624. The molecule has 3 rings (SSSR count). The molecule has 1 saturated heterocycles. The Morgan fingerprint density at radius 3 is 2.41 bits per heavy atom. The van der Waals surface area contributed by atoms with Crippen molar-refractivity contribution in [2.24, 2.45) is 5.92 Å². The largest absolute Gasteiger partial charge is 0.305 e. The van der Waals surface area contributed by atoms with Crippen molar-refractivity contribution in [1.82, 2.24) is 4.90 Å². The lowest BCUT2D eigenvalue weighted by Crippen LogP contribution is -2.75. The molecule has 1 aromatic carbocycles. The van der Waals surface area contributed by atoms with Crippen molar-refractivity contribution in [3.8, 4) is 0 Å². The van der Waals surface area contributed by atoms with Crippen molar-refractivity contribution in [1.29, 1.82) is 0 Å². The zero-order valence-electron chi connectivity index (χ0n) is 14.7. The second-order valence-corrected chi connectivity index (χ2v) is 7.22. The molecule has 1 fully saturated rings. The molecule has 1 aliphatic carbocycles. The molecule has 0 aromatic heterocycles. The van der Waals surface area contributed by atoms with Crippen molar-refractivity contribution >= 4 is 11.6 Å². The van der Waals surface area contributed by atoms with Crippen LogP contribution in [0.3, 0.4) is 0 Å². The predicted octanol–water partition coefficient (Wildman–Crippen LogP) is 1.27. The number of hydrogen-bond donors (Lipinski definition) is 0. The number of rotatable bonds is 6. The first-order chi connectivity index (χ1) is 12.7. The van der Waals surface area contributed by atoms with Crippen molar-refractivity contribution in [3.63, 3.8) is 0 Å². The smallest absolute Gasteiger partial charge is 0.300 e. The fraction of sp³-hybridized carbons (Fsp3) is 0.444. The number of carbonyl (C=O) groups is 2. The minimum Gasteiger partial charge on any atom is -0.300 e. The monoisotopic (exact) mass is 373 g/mol. The van der Waals surface area contributed by atoms with Gasteiger partial charge in [0, 0.05) is 22.8 Å². The molecule has 2 bridgehead atoms. The number of nitrogens with zero attached hydrogens (tertiary/aromatic N) is 3. The van der Waals surface area contributed by atoms with Crippen molar-refractivity contribution in [2.75, 3.05) is 13.1 Å². The molecular weight excluding hydrogens is 354 g/mol. The van der Waals surface area contributed by atoms with E-state index in [-0.39, 0.29) is 19.6 Å². The fourth-order valence-corrected chi connectivity index (χ4v) is 4.28. The van der Waals surface area contributed by atoms with E-state index in [0.29, 0.717) is 0 Å². The van der Waals surface area contributed by atoms with Crippen LogP contribution in [0, 0.1) is 26.1 Å². The number of ketones is 2. The molecule has 1 heterocycles. The van der Waals surface area contributed by atoms with E-state index in [1.165, 1.54) is 6.92 Å². The summed E-state index contributed by atoms with van der Waals surface area (Å²) in [6.45, 7) is 1.08. The molecule has 0 N–H and O–H groups in total. The van der Waals surface area contributed by atoms with Crippen LogP contribution in [-0.2, 0) is 16.1 Å². The molecule has 1 aromatic rings. The highest BCUT2D eigenvalue weighted by Crippen LogP contribution is 2.46. The minimum atomic E-state index is -2.21. The first kappa shape index (κ1) is 18.8. The maximum atomic E-state index is 12.6. The van der Waals surface area contributed by atoms with E-state index in [2.05, 4.69) is 0 Å². The van der Waals surface area contributed by atoms with Crippen LogP contribution in [0.1, 0.15) is 18.9 Å². The normalized spacial score (nSPS) is 30.1. The lowest BCUT2D eigenvalue weighted by atomic mass is 9.61. The average molecular weight is 373 g/mol. The van der Waals surface area contributed by atoms with Gasteiger partial charge in [-0.3, -0.25) is 29.9 Å². The molecule has 0 amide bonds. The zero-order valence-corrected chi connectivity index (χ0v) is 14.7. The highest BCUT2D eigenvalue weighted by molar-refractivity contribution is 5.99. The van der Waals surface area contributed by atoms with Crippen molar-refractivity contribution < 1.29 is 19.4 Å². The Labute approximate surface area is 154 Å². The van der Waals surface area contributed by atoms with Crippen LogP contribution in [0.15, 0.2) is 42.5 Å². The second-order valence-electron chi connectivity index (χ2n) is 7.22. The Balaban J connectivity index is 2.11. The third kappa shape index (κ3) is 2.93. The second kappa shape index (κ2) is 6.66. The molecule has 9 heteroatoms. The Morgan fingerprint density at radius 1 is 1.19 bits per heavy atom. The first-order valence-electron chi connectivity index (χ1n) is 8.51. The van der Waals surface area contributed by atoms with Crippen LogP contribution in [0.5, 0.6) is 0 Å². The van der Waals surface area contributed by atoms with Gasteiger partial charge in [-0.15, -0.1) is 0 Å². The summed E-state index contributed by atoms with van der Waals surface area (Å²) in [6.07, 6.45) is 1.70. The molecule has 0 spiro atoms. The molecule has 3 atom stereocenters. The number of benzene rings is 1. The summed E-state index contributed by atoms with van der Waals surface area (Å²) in [7, 11) is 0. The molecule has 3 unspecified atom stereocenters. The number of piperidine rings is 1. The van der Waals surface area contributed by atoms with E-state index in [1.54, 1.807) is 17.0 Å². The Kier molecular flexibility index (Phi) is 4.64. The van der Waals surface area contributed by atoms with Crippen molar-refractivity contribution in [3.05, 3.63) is 68.3 Å². The Hall–Kier alpha value is -2.94. The third-order valence-electron chi connectivity index (χ3n) is 5.48. The van der Waals surface area contributed by atoms with E-state index >= 15 is 0 Å². The van der Waals surface area contributed by atoms with Gasteiger partial charge in [0.15, 0.2) is 0 Å². The van der Waals surface area contributed by atoms with E-state index in [4.69, 9.17) is 0 Å². The third-order valence-corrected chi connectivity index (χ3v) is 5.48. The molecule has 0 radical (unpaired) electrons. The van der Waals surface area contributed by atoms with Crippen LogP contribution >= 0.6 is 0 Å². The first-order valence-corrected chi connectivity index (χ1v) is 8.51. The van der Waals surface area contributed by atoms with Crippen LogP contribution in [0.4, 0.5) is 0 Å². The molecule has 1 aliphatic heterocycles. The Morgan fingerprint density at radius 2 is 1.85 bits per heavy atom. The van der Waals surface area contributed by atoms with Gasteiger partial charge in [0.25, 0.3) is 5.54 Å². The summed E-state index contributed by atoms with van der Waals surface area (Å²) in [5.74, 6) is -2.54. The van der Waals surface area contributed by atoms with E-state index < -0.39 is 44.8 Å². The molecule has 142 valence electrons. The summed E-state index contributed by atoms with van der Waals surface area (Å²) >= 11 is 0. The van der Waals surface area contributed by atoms with Crippen molar-refractivity contribution in [2.45, 2.75) is 31.0 Å². The number of fused-ring (bicyclic) bond motifs is 2. The lowest BCUT2D eigenvalue weighted by Gasteiger charge is -2.48. The van der Waals surface area contributed by atoms with E-state index in [0.717, 1.165) is 17.7 Å². The summed E-state index contributed by atoms with van der Waals surface area (Å²) < 4.78 is 0. The van der Waals surface area contributed by atoms with Gasteiger partial charge in [-0.25, -0.2) is 0 Å². The average Bonchev–Trinajstić information content (AvgIpc) is 2.59. The number of hydrogen-bond acceptors (Lipinski definition) is 7. The maximum absolute atomic E-state index is 12.6. The predicted molar refractivity (Wildman–Crippen MR) is 94.1 cm³/mol. The highest BCUT2D eigenvalue weighted by Gasteiger charge is 2.73. The Bertz CT molecular complexity index is 839. The molecule has 9 nitrogen and oxygen atoms in total. The summed E-state index contributed by atoms with van der Waals surface area (Å²) in [6, 6.07) is 9.05. The number of nitro groups is 2. The van der Waals surface area contributed by atoms with Gasteiger partial charge in [-0.2, -0.15) is 0 Å². The zero-order chi connectivity index (χ0) is 19.8. The van der Waals surface area contributed by atoms with Gasteiger partial charge >= 0.3 is 5.54 Å². The van der Waals surface area contributed by atoms with Gasteiger partial charge in [-0.05, 0) is 24.6 Å². The van der Waals surface area contributed by atoms with Crippen LogP contribution in [-0.4, -0.2) is 50.5 Å². The maximum Gasteiger partial charge on any atom is 0.305 e. The quantitative estimate of drug-likeness (QED) is 0.543. The SMILES string of the molecule is CC(=O)CC1C2([N+](=O)[O-])C=CC(=O)C1([N+](=O)[O-])CN(Cc1ccccc1)C2. The molecule has 27 heavy (non-hydrogen) atoms. The van der Waals surface area contributed by atoms with Gasteiger partial charge in [0.2, 0.25) is 5.78 Å². The van der Waals surface area contributed by atoms with Gasteiger partial charge < -0.3 is 4.79 Å². The minimum absolute atomic E-state index is 0.105. The highest BCUT2D eigenvalue weighted by atomic mass is 16.6. The molecule has 0 saturated carbocycles. The van der Waals surface area contributed by atoms with Crippen LogP contribution < -0.4 is 0 Å². The molecule has 2 aliphatic rings. The van der Waals surface area contributed by atoms with Crippen LogP contribution in [0.25, 0.3) is 0 Å². The molecular formula is C18H19N3O6. The topological polar surface area (TPSA) is 124 Å². The van der Waals surface area contributed by atoms with Gasteiger partial charge in [0.1, 0.15) is 11.7 Å². The summed E-state index contributed by atoms with van der Waals surface area (Å²) in [4.78, 5) is 48.7.